The Kier molecular flexibility index (Phi) is 9.09. The van der Waals surface area contributed by atoms with Crippen molar-refractivity contribution in [3.63, 3.8) is 0 Å². The summed E-state index contributed by atoms with van der Waals surface area (Å²) < 4.78 is 12.4. The van der Waals surface area contributed by atoms with Crippen LogP contribution in [0, 0.1) is 0 Å². The van der Waals surface area contributed by atoms with Crippen LogP contribution in [0.4, 0.5) is 0 Å². The van der Waals surface area contributed by atoms with Crippen molar-refractivity contribution < 1.29 is 39.5 Å². The fourth-order valence-electron chi connectivity index (χ4n) is 5.74. The molecule has 0 fully saturated rings. The van der Waals surface area contributed by atoms with Crippen LogP contribution < -0.4 is 9.47 Å². The summed E-state index contributed by atoms with van der Waals surface area (Å²) in [7, 11) is 0. The van der Waals surface area contributed by atoms with Crippen molar-refractivity contribution in [1.82, 2.24) is 0 Å². The van der Waals surface area contributed by atoms with Crippen LogP contribution in [-0.2, 0) is 25.7 Å². The summed E-state index contributed by atoms with van der Waals surface area (Å²) in [6.45, 7) is 4.80. The number of para-hydroxylation sites is 2. The molecule has 8 nitrogen and oxygen atoms in total. The van der Waals surface area contributed by atoms with E-state index in [0.29, 0.717) is 47.0 Å². The number of hydrogen-bond donors (Lipinski definition) is 4. The third-order valence-electron chi connectivity index (χ3n) is 7.81. The van der Waals surface area contributed by atoms with E-state index in [-0.39, 0.29) is 48.3 Å². The van der Waals surface area contributed by atoms with Gasteiger partial charge in [-0.2, -0.15) is 0 Å². The monoisotopic (exact) mass is 596 g/mol. The van der Waals surface area contributed by atoms with Crippen LogP contribution in [0.3, 0.4) is 0 Å². The average Bonchev–Trinajstić information content (AvgIpc) is 2.99. The Morgan fingerprint density at radius 3 is 1.11 bits per heavy atom. The molecule has 0 saturated carbocycles. The maximum atomic E-state index is 12.2. The summed E-state index contributed by atoms with van der Waals surface area (Å²) in [6.07, 6.45) is 2.25. The summed E-state index contributed by atoms with van der Waals surface area (Å²) in [5.41, 5.74) is 4.82. The van der Waals surface area contributed by atoms with Crippen molar-refractivity contribution in [3.8, 4) is 23.0 Å². The number of ether oxygens (including phenoxy) is 2. The third-order valence-corrected chi connectivity index (χ3v) is 7.81. The number of carboxylic acid groups (broad SMARTS) is 2. The molecule has 0 spiro atoms. The van der Waals surface area contributed by atoms with E-state index in [1.807, 2.05) is 50.2 Å². The van der Waals surface area contributed by atoms with Crippen molar-refractivity contribution in [2.24, 2.45) is 0 Å². The highest BCUT2D eigenvalue weighted by molar-refractivity contribution is 5.89. The van der Waals surface area contributed by atoms with Crippen molar-refractivity contribution in [2.75, 3.05) is 13.2 Å². The molecule has 44 heavy (non-hydrogen) atoms. The SMILES string of the molecule is CCCOc1c2cccc1Cc1cc(C(=O)O)cc(c1O)Cc1cccc(c1OCCC)Cc1cc(C(=O)O)cc(c1O)C2. The van der Waals surface area contributed by atoms with E-state index in [9.17, 15) is 30.0 Å². The predicted octanol–water partition coefficient (Wildman–Crippen LogP) is 6.75. The zero-order chi connectivity index (χ0) is 31.4. The van der Waals surface area contributed by atoms with Gasteiger partial charge in [0, 0.05) is 25.7 Å². The molecule has 4 aromatic rings. The summed E-state index contributed by atoms with van der Waals surface area (Å²) in [6, 6.07) is 17.1. The standard InChI is InChI=1S/C36H36O8/c1-3-11-43-33-21-7-5-8-22(33)14-26-18-30(36(41)42)20-28(32(26)38)16-24-10-6-9-23(34(24)44-12-4-2)15-27-19-29(35(39)40)17-25(13-21)31(27)37/h5-10,17-20,37-38H,3-4,11-16H2,1-2H3,(H,39,40)(H,41,42). The summed E-state index contributed by atoms with van der Waals surface area (Å²) in [5, 5.41) is 43.0. The van der Waals surface area contributed by atoms with Crippen molar-refractivity contribution in [3.05, 3.63) is 116 Å². The molecule has 228 valence electrons. The maximum absolute atomic E-state index is 12.2. The highest BCUT2D eigenvalue weighted by atomic mass is 16.5. The largest absolute Gasteiger partial charge is 0.507 e. The van der Waals surface area contributed by atoms with Gasteiger partial charge in [0.05, 0.1) is 24.3 Å². The van der Waals surface area contributed by atoms with Crippen LogP contribution in [0.5, 0.6) is 23.0 Å². The van der Waals surface area contributed by atoms with Gasteiger partial charge >= 0.3 is 11.9 Å². The van der Waals surface area contributed by atoms with Gasteiger partial charge in [-0.05, 0) is 81.6 Å². The Labute approximate surface area is 256 Å². The van der Waals surface area contributed by atoms with Gasteiger partial charge in [-0.1, -0.05) is 50.2 Å². The van der Waals surface area contributed by atoms with Gasteiger partial charge in [-0.25, -0.2) is 9.59 Å². The molecule has 1 aliphatic rings. The Balaban J connectivity index is 1.80. The smallest absolute Gasteiger partial charge is 0.335 e. The number of hydrogen-bond acceptors (Lipinski definition) is 6. The fraction of sp³-hybridized carbons (Fsp3) is 0.278. The van der Waals surface area contributed by atoms with Crippen molar-refractivity contribution >= 4 is 11.9 Å². The molecule has 0 aromatic heterocycles. The van der Waals surface area contributed by atoms with Crippen LogP contribution >= 0.6 is 0 Å². The second-order valence-corrected chi connectivity index (χ2v) is 11.1. The molecule has 0 atom stereocenters. The van der Waals surface area contributed by atoms with Gasteiger partial charge in [0.25, 0.3) is 0 Å². The Morgan fingerprint density at radius 2 is 0.864 bits per heavy atom. The first-order valence-corrected chi connectivity index (χ1v) is 14.8. The van der Waals surface area contributed by atoms with E-state index < -0.39 is 11.9 Å². The minimum Gasteiger partial charge on any atom is -0.507 e. The van der Waals surface area contributed by atoms with Gasteiger partial charge in [0.1, 0.15) is 23.0 Å². The number of aromatic carboxylic acids is 2. The number of fused-ring (bicyclic) bond motifs is 8. The van der Waals surface area contributed by atoms with Crippen LogP contribution in [0.15, 0.2) is 60.7 Å². The van der Waals surface area contributed by atoms with Crippen LogP contribution in [0.25, 0.3) is 0 Å². The summed E-state index contributed by atoms with van der Waals surface area (Å²) in [4.78, 5) is 24.4. The van der Waals surface area contributed by atoms with Gasteiger partial charge < -0.3 is 29.9 Å². The molecule has 0 radical (unpaired) electrons. The second-order valence-electron chi connectivity index (χ2n) is 11.1. The third kappa shape index (κ3) is 6.34. The zero-order valence-electron chi connectivity index (χ0n) is 24.9. The zero-order valence-corrected chi connectivity index (χ0v) is 24.9. The van der Waals surface area contributed by atoms with E-state index >= 15 is 0 Å². The number of carbonyl (C=O) groups is 2. The van der Waals surface area contributed by atoms with Gasteiger partial charge in [0.2, 0.25) is 0 Å². The number of aromatic hydroxyl groups is 2. The van der Waals surface area contributed by atoms with Crippen molar-refractivity contribution in [1.29, 1.82) is 0 Å². The average molecular weight is 597 g/mol. The van der Waals surface area contributed by atoms with Gasteiger partial charge in [-0.3, -0.25) is 0 Å². The van der Waals surface area contributed by atoms with Crippen LogP contribution in [0.2, 0.25) is 0 Å². The first-order chi connectivity index (χ1) is 21.2. The number of carboxylic acids is 2. The highest BCUT2D eigenvalue weighted by Crippen LogP contribution is 2.39. The van der Waals surface area contributed by atoms with Crippen molar-refractivity contribution in [2.45, 2.75) is 52.4 Å². The Bertz CT molecular complexity index is 1500. The Hall–Kier alpha value is -4.98. The minimum atomic E-state index is -1.10. The topological polar surface area (TPSA) is 134 Å². The molecule has 5 rings (SSSR count). The lowest BCUT2D eigenvalue weighted by Gasteiger charge is -2.21. The number of benzene rings is 4. The molecular weight excluding hydrogens is 560 g/mol. The van der Waals surface area contributed by atoms with Gasteiger partial charge in [0.15, 0.2) is 0 Å². The van der Waals surface area contributed by atoms with Crippen LogP contribution in [-0.4, -0.2) is 45.6 Å². The minimum absolute atomic E-state index is 0.00903. The van der Waals surface area contributed by atoms with E-state index in [1.165, 1.54) is 24.3 Å². The quantitative estimate of drug-likeness (QED) is 0.155. The lowest BCUT2D eigenvalue weighted by molar-refractivity contribution is 0.0686. The molecule has 0 amide bonds. The molecule has 4 aromatic carbocycles. The maximum Gasteiger partial charge on any atom is 0.335 e. The lowest BCUT2D eigenvalue weighted by Crippen LogP contribution is -2.09. The molecular formula is C36H36O8. The molecule has 0 aliphatic heterocycles. The molecule has 0 heterocycles. The number of rotatable bonds is 8. The van der Waals surface area contributed by atoms with Crippen LogP contribution in [0.1, 0.15) is 91.9 Å². The van der Waals surface area contributed by atoms with E-state index in [4.69, 9.17) is 9.47 Å². The van der Waals surface area contributed by atoms with E-state index in [2.05, 4.69) is 0 Å². The predicted molar refractivity (Wildman–Crippen MR) is 166 cm³/mol. The lowest BCUT2D eigenvalue weighted by atomic mass is 9.90. The molecule has 1 aliphatic carbocycles. The normalized spacial score (nSPS) is 12.4. The number of phenolic OH excluding ortho intramolecular Hbond substituents is 2. The second kappa shape index (κ2) is 13.1. The van der Waals surface area contributed by atoms with E-state index in [0.717, 1.165) is 35.1 Å². The highest BCUT2D eigenvalue weighted by Gasteiger charge is 2.23. The van der Waals surface area contributed by atoms with Gasteiger partial charge in [-0.15, -0.1) is 0 Å². The number of phenols is 2. The molecule has 4 N–H and O–H groups in total. The molecule has 0 saturated heterocycles. The fourth-order valence-corrected chi connectivity index (χ4v) is 5.74. The molecule has 8 bridgehead atoms. The summed E-state index contributed by atoms with van der Waals surface area (Å²) in [5.74, 6) is -1.06. The first kappa shape index (κ1) is 30.5. The Morgan fingerprint density at radius 1 is 0.568 bits per heavy atom. The molecule has 0 unspecified atom stereocenters. The molecule has 8 heteroatoms. The van der Waals surface area contributed by atoms with E-state index in [1.54, 1.807) is 0 Å². The first-order valence-electron chi connectivity index (χ1n) is 14.8. The summed E-state index contributed by atoms with van der Waals surface area (Å²) >= 11 is 0.